The second kappa shape index (κ2) is 14.2. The molecule has 2 atom stereocenters. The van der Waals surface area contributed by atoms with Gasteiger partial charge in [0.05, 0.1) is 0 Å². The summed E-state index contributed by atoms with van der Waals surface area (Å²) in [6.45, 7) is 8.27. The molecular weight excluding hydrogens is 362 g/mol. The van der Waals surface area contributed by atoms with Gasteiger partial charge in [-0.3, -0.25) is 0 Å². The van der Waals surface area contributed by atoms with Crippen LogP contribution in [0.15, 0.2) is 0 Å². The second-order valence-corrected chi connectivity index (χ2v) is 10.2. The average Bonchev–Trinajstić information content (AvgIpc) is 2.68. The largest absolute Gasteiger partial charge is 0.444 e. The minimum Gasteiger partial charge on any atom is -0.444 e. The van der Waals surface area contributed by atoms with Crippen LogP contribution in [-0.4, -0.2) is 30.3 Å². The Balaban J connectivity index is 0.000000326. The highest BCUT2D eigenvalue weighted by atomic mass is 16.6. The molecule has 0 aliphatic heterocycles. The maximum Gasteiger partial charge on any atom is 0.407 e. The minimum absolute atomic E-state index is 0.0444. The Hall–Kier alpha value is -0.810. The third kappa shape index (κ3) is 13.2. The Morgan fingerprint density at radius 3 is 1.86 bits per heavy atom. The van der Waals surface area contributed by atoms with Crippen molar-refractivity contribution in [3.63, 3.8) is 0 Å². The number of ether oxygens (including phenoxy) is 1. The van der Waals surface area contributed by atoms with Crippen LogP contribution in [0.5, 0.6) is 0 Å². The van der Waals surface area contributed by atoms with Gasteiger partial charge < -0.3 is 21.5 Å². The van der Waals surface area contributed by atoms with Crippen molar-refractivity contribution >= 4 is 6.09 Å². The number of hydrogen-bond donors (Lipinski definition) is 3. The van der Waals surface area contributed by atoms with E-state index in [1.165, 1.54) is 70.6 Å². The Labute approximate surface area is 180 Å². The highest BCUT2D eigenvalue weighted by Crippen LogP contribution is 2.28. The molecule has 1 amide bonds. The average molecular weight is 412 g/mol. The molecule has 2 fully saturated rings. The van der Waals surface area contributed by atoms with Crippen molar-refractivity contribution < 1.29 is 9.53 Å². The fourth-order valence-electron chi connectivity index (χ4n) is 4.53. The first kappa shape index (κ1) is 26.2. The normalized spacial score (nSPS) is 20.9. The quantitative estimate of drug-likeness (QED) is 0.515. The first-order valence-corrected chi connectivity index (χ1v) is 12.2. The Bertz CT molecular complexity index is 424. The molecular formula is C24H49N3O2. The first-order valence-electron chi connectivity index (χ1n) is 12.2. The number of nitrogens with one attached hydrogen (secondary N) is 1. The third-order valence-corrected chi connectivity index (χ3v) is 6.23. The van der Waals surface area contributed by atoms with Crippen LogP contribution in [0.4, 0.5) is 4.79 Å². The predicted molar refractivity (Wildman–Crippen MR) is 123 cm³/mol. The molecule has 0 spiro atoms. The van der Waals surface area contributed by atoms with Crippen LogP contribution < -0.4 is 16.8 Å². The van der Waals surface area contributed by atoms with Gasteiger partial charge in [-0.05, 0) is 51.9 Å². The van der Waals surface area contributed by atoms with Crippen LogP contribution in [-0.2, 0) is 4.74 Å². The van der Waals surface area contributed by atoms with E-state index in [1.807, 2.05) is 20.8 Å². The van der Waals surface area contributed by atoms with Gasteiger partial charge in [-0.15, -0.1) is 0 Å². The number of carbonyl (C=O) groups is 1. The summed E-state index contributed by atoms with van der Waals surface area (Å²) in [6, 6.07) is 0.515. The van der Waals surface area contributed by atoms with E-state index < -0.39 is 5.60 Å². The number of amides is 1. The van der Waals surface area contributed by atoms with Crippen LogP contribution >= 0.6 is 0 Å². The van der Waals surface area contributed by atoms with Crippen molar-refractivity contribution in [1.82, 2.24) is 5.32 Å². The molecule has 2 rings (SSSR count). The van der Waals surface area contributed by atoms with Crippen molar-refractivity contribution in [2.24, 2.45) is 23.3 Å². The van der Waals surface area contributed by atoms with Crippen LogP contribution in [0.3, 0.4) is 0 Å². The van der Waals surface area contributed by atoms with E-state index in [1.54, 1.807) is 0 Å². The molecule has 5 N–H and O–H groups in total. The van der Waals surface area contributed by atoms with E-state index in [0.717, 1.165) is 18.8 Å². The molecule has 0 aromatic carbocycles. The van der Waals surface area contributed by atoms with Crippen molar-refractivity contribution in [3.8, 4) is 0 Å². The SMILES string of the molecule is CC(C)(C)OC(=O)N[C@H](CN)CC1CCCCC1.CC[C@@H](N)CC1CCCCC1. The van der Waals surface area contributed by atoms with Gasteiger partial charge in [0.15, 0.2) is 0 Å². The van der Waals surface area contributed by atoms with Gasteiger partial charge >= 0.3 is 6.09 Å². The van der Waals surface area contributed by atoms with E-state index in [0.29, 0.717) is 18.5 Å². The summed E-state index contributed by atoms with van der Waals surface area (Å²) in [6.07, 6.45) is 16.8. The molecule has 0 aromatic rings. The molecule has 2 aliphatic carbocycles. The highest BCUT2D eigenvalue weighted by Gasteiger charge is 2.22. The number of nitrogens with two attached hydrogens (primary N) is 2. The molecule has 172 valence electrons. The zero-order valence-electron chi connectivity index (χ0n) is 19.7. The first-order chi connectivity index (χ1) is 13.7. The molecule has 5 heteroatoms. The van der Waals surface area contributed by atoms with Crippen LogP contribution in [0.2, 0.25) is 0 Å². The van der Waals surface area contributed by atoms with Crippen LogP contribution in [0.1, 0.15) is 111 Å². The summed E-state index contributed by atoms with van der Waals surface area (Å²) >= 11 is 0. The van der Waals surface area contributed by atoms with Crippen LogP contribution in [0.25, 0.3) is 0 Å². The van der Waals surface area contributed by atoms with Crippen molar-refractivity contribution in [2.45, 2.75) is 129 Å². The summed E-state index contributed by atoms with van der Waals surface area (Å²) in [5.74, 6) is 1.67. The molecule has 29 heavy (non-hydrogen) atoms. The summed E-state index contributed by atoms with van der Waals surface area (Å²) < 4.78 is 5.25. The summed E-state index contributed by atoms with van der Waals surface area (Å²) in [4.78, 5) is 11.7. The number of hydrogen-bond acceptors (Lipinski definition) is 4. The lowest BCUT2D eigenvalue weighted by atomic mass is 9.84. The molecule has 2 aliphatic rings. The van der Waals surface area contributed by atoms with E-state index in [4.69, 9.17) is 16.2 Å². The van der Waals surface area contributed by atoms with Gasteiger partial charge in [-0.25, -0.2) is 4.79 Å². The van der Waals surface area contributed by atoms with Gasteiger partial charge in [0.1, 0.15) is 5.60 Å². The standard InChI is InChI=1S/C14H28N2O2.C10H21N/c1-14(2,3)18-13(17)16-12(10-15)9-11-7-5-4-6-8-11;1-2-10(11)8-9-6-4-3-5-7-9/h11-12H,4-10,15H2,1-3H3,(H,16,17);9-10H,2-8,11H2,1H3/t12-;10-/m01/s1. The fourth-order valence-corrected chi connectivity index (χ4v) is 4.53. The van der Waals surface area contributed by atoms with E-state index in [-0.39, 0.29) is 12.1 Å². The number of carbonyl (C=O) groups excluding carboxylic acids is 1. The summed E-state index contributed by atoms with van der Waals surface area (Å²) in [7, 11) is 0. The topological polar surface area (TPSA) is 90.4 Å². The monoisotopic (exact) mass is 411 g/mol. The van der Waals surface area contributed by atoms with E-state index in [9.17, 15) is 4.79 Å². The molecule has 0 saturated heterocycles. The lowest BCUT2D eigenvalue weighted by molar-refractivity contribution is 0.0497. The van der Waals surface area contributed by atoms with Crippen molar-refractivity contribution in [1.29, 1.82) is 0 Å². The van der Waals surface area contributed by atoms with Gasteiger partial charge in [-0.1, -0.05) is 71.1 Å². The lowest BCUT2D eigenvalue weighted by Gasteiger charge is -2.27. The Kier molecular flexibility index (Phi) is 12.9. The fraction of sp³-hybridized carbons (Fsp3) is 0.958. The molecule has 0 heterocycles. The lowest BCUT2D eigenvalue weighted by Crippen LogP contribution is -2.44. The predicted octanol–water partition coefficient (Wildman–Crippen LogP) is 5.50. The molecule has 0 aromatic heterocycles. The zero-order valence-corrected chi connectivity index (χ0v) is 19.7. The molecule has 0 unspecified atom stereocenters. The molecule has 5 nitrogen and oxygen atoms in total. The van der Waals surface area contributed by atoms with Crippen LogP contribution in [0, 0.1) is 11.8 Å². The summed E-state index contributed by atoms with van der Waals surface area (Å²) in [5, 5.41) is 2.88. The maximum atomic E-state index is 11.7. The Morgan fingerprint density at radius 2 is 1.45 bits per heavy atom. The Morgan fingerprint density at radius 1 is 0.966 bits per heavy atom. The van der Waals surface area contributed by atoms with Gasteiger partial charge in [-0.2, -0.15) is 0 Å². The van der Waals surface area contributed by atoms with Crippen molar-refractivity contribution in [3.05, 3.63) is 0 Å². The van der Waals surface area contributed by atoms with E-state index in [2.05, 4.69) is 12.2 Å². The third-order valence-electron chi connectivity index (χ3n) is 6.23. The highest BCUT2D eigenvalue weighted by molar-refractivity contribution is 5.68. The number of rotatable bonds is 7. The molecule has 2 saturated carbocycles. The van der Waals surface area contributed by atoms with Gasteiger partial charge in [0, 0.05) is 18.6 Å². The van der Waals surface area contributed by atoms with E-state index >= 15 is 0 Å². The second-order valence-electron chi connectivity index (χ2n) is 10.2. The van der Waals surface area contributed by atoms with Gasteiger partial charge in [0.25, 0.3) is 0 Å². The maximum absolute atomic E-state index is 11.7. The smallest absolute Gasteiger partial charge is 0.407 e. The molecule has 0 bridgehead atoms. The molecule has 0 radical (unpaired) electrons. The zero-order chi connectivity index (χ0) is 21.7. The van der Waals surface area contributed by atoms with Crippen molar-refractivity contribution in [2.75, 3.05) is 6.54 Å². The summed E-state index contributed by atoms with van der Waals surface area (Å²) in [5.41, 5.74) is 11.2. The van der Waals surface area contributed by atoms with Gasteiger partial charge in [0.2, 0.25) is 0 Å². The minimum atomic E-state index is -0.450. The number of alkyl carbamates (subject to hydrolysis) is 1.